The summed E-state index contributed by atoms with van der Waals surface area (Å²) in [7, 11) is 1.44. The van der Waals surface area contributed by atoms with Crippen LogP contribution in [0.15, 0.2) is 9.59 Å². The van der Waals surface area contributed by atoms with E-state index >= 15 is 0 Å². The zero-order chi connectivity index (χ0) is 13.4. The molecule has 0 amide bonds. The first-order valence-corrected chi connectivity index (χ1v) is 5.69. The van der Waals surface area contributed by atoms with Gasteiger partial charge in [0.15, 0.2) is 11.2 Å². The zero-order valence-electron chi connectivity index (χ0n) is 10.5. The van der Waals surface area contributed by atoms with E-state index in [1.165, 1.54) is 11.6 Å². The van der Waals surface area contributed by atoms with Gasteiger partial charge in [-0.15, -0.1) is 0 Å². The average Bonchev–Trinajstić information content (AvgIpc) is 2.80. The van der Waals surface area contributed by atoms with Gasteiger partial charge in [-0.2, -0.15) is 4.98 Å². The molecule has 98 valence electrons. The summed E-state index contributed by atoms with van der Waals surface area (Å²) in [5, 5.41) is 0. The second-order valence-corrected chi connectivity index (χ2v) is 4.20. The number of imidazole rings is 1. The van der Waals surface area contributed by atoms with E-state index in [-0.39, 0.29) is 23.2 Å². The maximum atomic E-state index is 12.1. The number of nitrogens with one attached hydrogen (secondary N) is 2. The number of rotatable bonds is 3. The summed E-state index contributed by atoms with van der Waals surface area (Å²) in [6, 6.07) is -0.0549. The van der Waals surface area contributed by atoms with Crippen molar-refractivity contribution in [1.29, 1.82) is 0 Å². The van der Waals surface area contributed by atoms with Crippen LogP contribution in [0.5, 0.6) is 0 Å². The first-order chi connectivity index (χ1) is 8.51. The molecule has 0 bridgehead atoms. The molecule has 0 aliphatic rings. The van der Waals surface area contributed by atoms with Crippen LogP contribution in [0.4, 0.5) is 5.95 Å². The average molecular weight is 252 g/mol. The third-order valence-electron chi connectivity index (χ3n) is 3.09. The van der Waals surface area contributed by atoms with Crippen molar-refractivity contribution in [2.24, 2.45) is 12.9 Å². The van der Waals surface area contributed by atoms with Gasteiger partial charge in [0.2, 0.25) is 5.95 Å². The van der Waals surface area contributed by atoms with E-state index in [1.54, 1.807) is 0 Å². The van der Waals surface area contributed by atoms with E-state index < -0.39 is 5.56 Å². The van der Waals surface area contributed by atoms with Crippen molar-refractivity contribution in [3.8, 4) is 0 Å². The first-order valence-electron chi connectivity index (χ1n) is 5.69. The topological polar surface area (TPSA) is 111 Å². The van der Waals surface area contributed by atoms with Gasteiger partial charge in [0, 0.05) is 13.1 Å². The van der Waals surface area contributed by atoms with Crippen molar-refractivity contribution in [2.75, 3.05) is 5.43 Å². The fourth-order valence-electron chi connectivity index (χ4n) is 1.84. The van der Waals surface area contributed by atoms with Gasteiger partial charge in [0.05, 0.1) is 0 Å². The summed E-state index contributed by atoms with van der Waals surface area (Å²) in [4.78, 5) is 31.0. The molecular formula is C10H16N6O2. The predicted molar refractivity (Wildman–Crippen MR) is 68.4 cm³/mol. The second-order valence-electron chi connectivity index (χ2n) is 4.20. The largest absolute Gasteiger partial charge is 0.332 e. The molecule has 2 rings (SSSR count). The molecule has 0 aliphatic carbocycles. The number of hydrazine groups is 1. The Balaban J connectivity index is 2.95. The fourth-order valence-corrected chi connectivity index (χ4v) is 1.84. The summed E-state index contributed by atoms with van der Waals surface area (Å²) in [5.41, 5.74) is 2.14. The van der Waals surface area contributed by atoms with Gasteiger partial charge < -0.3 is 4.98 Å². The number of nitrogens with zero attached hydrogens (tertiary/aromatic N) is 3. The van der Waals surface area contributed by atoms with Crippen LogP contribution in [0, 0.1) is 0 Å². The fraction of sp³-hybridized carbons (Fsp3) is 0.500. The Morgan fingerprint density at radius 3 is 2.72 bits per heavy atom. The highest BCUT2D eigenvalue weighted by atomic mass is 16.2. The molecule has 0 saturated carbocycles. The predicted octanol–water partition coefficient (Wildman–Crippen LogP) is -0.320. The van der Waals surface area contributed by atoms with Crippen molar-refractivity contribution in [3.63, 3.8) is 0 Å². The molecule has 8 heteroatoms. The van der Waals surface area contributed by atoms with Crippen LogP contribution in [0.1, 0.15) is 26.3 Å². The summed E-state index contributed by atoms with van der Waals surface area (Å²) in [6.07, 6.45) is 0.755. The third kappa shape index (κ3) is 1.61. The van der Waals surface area contributed by atoms with Gasteiger partial charge in [-0.05, 0) is 13.3 Å². The van der Waals surface area contributed by atoms with Gasteiger partial charge in [-0.3, -0.25) is 19.4 Å². The maximum Gasteiger partial charge on any atom is 0.332 e. The van der Waals surface area contributed by atoms with Crippen LogP contribution >= 0.6 is 0 Å². The van der Waals surface area contributed by atoms with Crippen LogP contribution in [0.3, 0.4) is 0 Å². The Bertz CT molecular complexity index is 695. The van der Waals surface area contributed by atoms with E-state index in [0.29, 0.717) is 5.65 Å². The molecule has 2 aromatic rings. The molecule has 2 aromatic heterocycles. The monoisotopic (exact) mass is 252 g/mol. The van der Waals surface area contributed by atoms with Crippen molar-refractivity contribution in [1.82, 2.24) is 19.1 Å². The molecule has 8 nitrogen and oxygen atoms in total. The van der Waals surface area contributed by atoms with Crippen LogP contribution in [0.25, 0.3) is 11.2 Å². The maximum absolute atomic E-state index is 12.1. The van der Waals surface area contributed by atoms with Gasteiger partial charge in [-0.1, -0.05) is 6.92 Å². The van der Waals surface area contributed by atoms with E-state index in [9.17, 15) is 9.59 Å². The first kappa shape index (κ1) is 12.4. The summed E-state index contributed by atoms with van der Waals surface area (Å²) < 4.78 is 2.56. The molecule has 18 heavy (non-hydrogen) atoms. The van der Waals surface area contributed by atoms with Crippen molar-refractivity contribution >= 4 is 17.1 Å². The molecule has 1 atom stereocenters. The summed E-state index contributed by atoms with van der Waals surface area (Å²) >= 11 is 0. The van der Waals surface area contributed by atoms with Gasteiger partial charge in [-0.25, -0.2) is 10.6 Å². The molecule has 0 radical (unpaired) electrons. The van der Waals surface area contributed by atoms with Crippen LogP contribution in [0.2, 0.25) is 0 Å². The molecule has 4 N–H and O–H groups in total. The number of hydrogen-bond acceptors (Lipinski definition) is 5. The van der Waals surface area contributed by atoms with E-state index in [2.05, 4.69) is 15.4 Å². The number of aromatic amines is 1. The Morgan fingerprint density at radius 1 is 1.50 bits per heavy atom. The van der Waals surface area contributed by atoms with Crippen LogP contribution < -0.4 is 22.5 Å². The third-order valence-corrected chi connectivity index (χ3v) is 3.09. The number of nitrogen functional groups attached to an aromatic ring is 1. The van der Waals surface area contributed by atoms with E-state index in [4.69, 9.17) is 5.84 Å². The number of H-pyrrole nitrogens is 1. The quantitative estimate of drug-likeness (QED) is 0.512. The van der Waals surface area contributed by atoms with Crippen molar-refractivity contribution < 1.29 is 0 Å². The lowest BCUT2D eigenvalue weighted by atomic mass is 10.2. The SMILES string of the molecule is CCC(C)n1c(=O)n(C)c(=O)c2[nH]c(NN)nc21. The molecular weight excluding hydrogens is 236 g/mol. The minimum Gasteiger partial charge on any atom is -0.317 e. The minimum absolute atomic E-state index is 0.0549. The Morgan fingerprint density at radius 2 is 2.17 bits per heavy atom. The lowest BCUT2D eigenvalue weighted by molar-refractivity contribution is 0.500. The van der Waals surface area contributed by atoms with E-state index in [1.807, 2.05) is 13.8 Å². The minimum atomic E-state index is -0.413. The molecule has 0 spiro atoms. The summed E-state index contributed by atoms with van der Waals surface area (Å²) in [5.74, 6) is 5.51. The molecule has 0 aromatic carbocycles. The normalized spacial score (nSPS) is 12.9. The van der Waals surface area contributed by atoms with Gasteiger partial charge >= 0.3 is 5.69 Å². The number of hydrogen-bond donors (Lipinski definition) is 3. The standard InChI is InChI=1S/C10H16N6O2/c1-4-5(2)16-7-6(12-9(13-7)14-11)8(17)15(3)10(16)18/h5H,4,11H2,1-3H3,(H2,12,13,14). The number of fused-ring (bicyclic) bond motifs is 1. The smallest absolute Gasteiger partial charge is 0.317 e. The van der Waals surface area contributed by atoms with Gasteiger partial charge in [0.25, 0.3) is 5.56 Å². The number of aromatic nitrogens is 4. The Kier molecular flexibility index (Phi) is 2.95. The highest BCUT2D eigenvalue weighted by molar-refractivity contribution is 5.72. The Labute approximate surface area is 102 Å². The molecule has 2 heterocycles. The van der Waals surface area contributed by atoms with Gasteiger partial charge in [0.1, 0.15) is 0 Å². The van der Waals surface area contributed by atoms with Crippen LogP contribution in [-0.2, 0) is 7.05 Å². The van der Waals surface area contributed by atoms with Crippen molar-refractivity contribution in [3.05, 3.63) is 20.8 Å². The van der Waals surface area contributed by atoms with E-state index in [0.717, 1.165) is 11.0 Å². The summed E-state index contributed by atoms with van der Waals surface area (Å²) in [6.45, 7) is 3.86. The molecule has 0 fully saturated rings. The zero-order valence-corrected chi connectivity index (χ0v) is 10.5. The molecule has 1 unspecified atom stereocenters. The lowest BCUT2D eigenvalue weighted by Gasteiger charge is -2.14. The second kappa shape index (κ2) is 4.30. The molecule has 0 saturated heterocycles. The van der Waals surface area contributed by atoms with Crippen molar-refractivity contribution in [2.45, 2.75) is 26.3 Å². The van der Waals surface area contributed by atoms with Crippen LogP contribution in [-0.4, -0.2) is 19.1 Å². The highest BCUT2D eigenvalue weighted by Gasteiger charge is 2.17. The molecule has 0 aliphatic heterocycles. The number of anilines is 1. The highest BCUT2D eigenvalue weighted by Crippen LogP contribution is 2.14. The number of nitrogens with two attached hydrogens (primary N) is 1. The Hall–Kier alpha value is -2.09. The lowest BCUT2D eigenvalue weighted by Crippen LogP contribution is -2.39.